The summed E-state index contributed by atoms with van der Waals surface area (Å²) in [6.45, 7) is 2.04. The molecule has 4 N–H and O–H groups in total. The fraction of sp³-hybridized carbons (Fsp3) is 0.0625. The minimum absolute atomic E-state index is 0.557. The number of benzene rings is 2. The van der Waals surface area contributed by atoms with E-state index in [1.807, 2.05) is 55.5 Å². The molecule has 0 aliphatic heterocycles. The summed E-state index contributed by atoms with van der Waals surface area (Å²) < 4.78 is 0. The average molecular weight is 283 g/mol. The molecule has 0 heterocycles. The molecule has 2 aromatic rings. The van der Waals surface area contributed by atoms with Crippen molar-refractivity contribution in [3.05, 3.63) is 65.7 Å². The molecule has 0 bridgehead atoms. The first-order valence-electron chi connectivity index (χ1n) is 6.48. The Balaban J connectivity index is 1.93. The van der Waals surface area contributed by atoms with Gasteiger partial charge in [-0.25, -0.2) is 5.48 Å². The zero-order chi connectivity index (χ0) is 15.1. The Hall–Kier alpha value is -2.79. The molecule has 0 unspecified atom stereocenters. The van der Waals surface area contributed by atoms with Crippen LogP contribution in [0.5, 0.6) is 0 Å². The first-order valence-corrected chi connectivity index (χ1v) is 6.48. The van der Waals surface area contributed by atoms with E-state index in [1.54, 1.807) is 11.6 Å². The molecule has 0 atom stereocenters. The highest BCUT2D eigenvalue weighted by Crippen LogP contribution is 2.13. The van der Waals surface area contributed by atoms with Crippen LogP contribution in [0.3, 0.4) is 0 Å². The highest BCUT2D eigenvalue weighted by atomic mass is 16.5. The van der Waals surface area contributed by atoms with E-state index in [9.17, 15) is 4.79 Å². The van der Waals surface area contributed by atoms with Crippen molar-refractivity contribution in [2.75, 3.05) is 10.9 Å². The predicted octanol–water partition coefficient (Wildman–Crippen LogP) is 2.95. The van der Waals surface area contributed by atoms with Gasteiger partial charge >= 0.3 is 0 Å². The van der Waals surface area contributed by atoms with E-state index in [4.69, 9.17) is 5.21 Å². The molecule has 5 nitrogen and oxygen atoms in total. The van der Waals surface area contributed by atoms with Crippen LogP contribution in [-0.4, -0.2) is 11.1 Å². The van der Waals surface area contributed by atoms with Crippen molar-refractivity contribution in [1.29, 1.82) is 0 Å². The molecule has 5 heteroatoms. The Bertz CT molecular complexity index is 636. The Kier molecular flexibility index (Phi) is 4.95. The van der Waals surface area contributed by atoms with Gasteiger partial charge in [-0.2, -0.15) is 0 Å². The zero-order valence-electron chi connectivity index (χ0n) is 11.6. The van der Waals surface area contributed by atoms with Gasteiger partial charge in [0.1, 0.15) is 0 Å². The van der Waals surface area contributed by atoms with Crippen LogP contribution in [0.25, 0.3) is 6.08 Å². The zero-order valence-corrected chi connectivity index (χ0v) is 11.6. The third kappa shape index (κ3) is 4.67. The molecule has 1 amide bonds. The number of hydrazine groups is 1. The summed E-state index contributed by atoms with van der Waals surface area (Å²) in [5.74, 6) is -0.557. The van der Waals surface area contributed by atoms with Gasteiger partial charge in [0, 0.05) is 6.08 Å². The number of hydrogen-bond acceptors (Lipinski definition) is 4. The first kappa shape index (κ1) is 14.6. The Labute approximate surface area is 123 Å². The van der Waals surface area contributed by atoms with Crippen LogP contribution in [-0.2, 0) is 4.79 Å². The van der Waals surface area contributed by atoms with Crippen molar-refractivity contribution in [3.63, 3.8) is 0 Å². The number of hydroxylamine groups is 1. The van der Waals surface area contributed by atoms with Gasteiger partial charge in [0.15, 0.2) is 0 Å². The maximum absolute atomic E-state index is 10.9. The van der Waals surface area contributed by atoms with Crippen molar-refractivity contribution in [3.8, 4) is 0 Å². The number of carbonyl (C=O) groups excluding carboxylic acids is 1. The Morgan fingerprint density at radius 2 is 1.76 bits per heavy atom. The monoisotopic (exact) mass is 283 g/mol. The summed E-state index contributed by atoms with van der Waals surface area (Å²) in [6, 6.07) is 15.5. The standard InChI is InChI=1S/C16H17N3O2/c1-12-3-2-4-15(11-12)18-17-14-8-5-13(6-9-14)7-10-16(20)19-21/h2-11,17-18,21H,1H3,(H,19,20)/b10-7+. The number of aryl methyl sites for hydroxylation is 1. The quantitative estimate of drug-likeness (QED) is 0.387. The van der Waals surface area contributed by atoms with Crippen molar-refractivity contribution in [2.45, 2.75) is 6.92 Å². The molecule has 0 aliphatic carbocycles. The van der Waals surface area contributed by atoms with Crippen molar-refractivity contribution >= 4 is 23.4 Å². The number of nitrogens with one attached hydrogen (secondary N) is 3. The Morgan fingerprint density at radius 1 is 1.05 bits per heavy atom. The summed E-state index contributed by atoms with van der Waals surface area (Å²) in [7, 11) is 0. The second-order valence-corrected chi connectivity index (χ2v) is 4.55. The molecule has 0 saturated carbocycles. The number of amides is 1. The summed E-state index contributed by atoms with van der Waals surface area (Å²) in [5.41, 5.74) is 11.7. The fourth-order valence-corrected chi connectivity index (χ4v) is 1.75. The van der Waals surface area contributed by atoms with Crippen molar-refractivity contribution in [2.24, 2.45) is 0 Å². The van der Waals surface area contributed by atoms with E-state index >= 15 is 0 Å². The van der Waals surface area contributed by atoms with Crippen LogP contribution in [0.2, 0.25) is 0 Å². The van der Waals surface area contributed by atoms with Crippen LogP contribution >= 0.6 is 0 Å². The topological polar surface area (TPSA) is 73.4 Å². The van der Waals surface area contributed by atoms with Crippen molar-refractivity contribution in [1.82, 2.24) is 5.48 Å². The van der Waals surface area contributed by atoms with Gasteiger partial charge in [-0.1, -0.05) is 24.3 Å². The van der Waals surface area contributed by atoms with Gasteiger partial charge in [-0.05, 0) is 48.4 Å². The maximum atomic E-state index is 10.9. The molecule has 2 aromatic carbocycles. The first-order chi connectivity index (χ1) is 10.2. The SMILES string of the molecule is Cc1cccc(NNc2ccc(/C=C/C(=O)NO)cc2)c1. The molecule has 0 aliphatic rings. The second-order valence-electron chi connectivity index (χ2n) is 4.55. The van der Waals surface area contributed by atoms with E-state index in [-0.39, 0.29) is 0 Å². The molecule has 2 rings (SSSR count). The lowest BCUT2D eigenvalue weighted by molar-refractivity contribution is -0.124. The number of anilines is 2. The highest BCUT2D eigenvalue weighted by molar-refractivity contribution is 5.90. The van der Waals surface area contributed by atoms with E-state index in [0.717, 1.165) is 16.9 Å². The number of hydrogen-bond donors (Lipinski definition) is 4. The lowest BCUT2D eigenvalue weighted by atomic mass is 10.2. The summed E-state index contributed by atoms with van der Waals surface area (Å²) >= 11 is 0. The molecular weight excluding hydrogens is 266 g/mol. The van der Waals surface area contributed by atoms with Gasteiger partial charge in [0.25, 0.3) is 5.91 Å². The summed E-state index contributed by atoms with van der Waals surface area (Å²) in [6.07, 6.45) is 2.87. The largest absolute Gasteiger partial charge is 0.301 e. The predicted molar refractivity (Wildman–Crippen MR) is 83.8 cm³/mol. The van der Waals surface area contributed by atoms with Crippen LogP contribution in [0.4, 0.5) is 11.4 Å². The van der Waals surface area contributed by atoms with Gasteiger partial charge in [-0.3, -0.25) is 10.0 Å². The lowest BCUT2D eigenvalue weighted by Gasteiger charge is -2.10. The molecule has 0 aromatic heterocycles. The molecule has 108 valence electrons. The van der Waals surface area contributed by atoms with Gasteiger partial charge in [0.05, 0.1) is 11.4 Å². The molecule has 0 spiro atoms. The highest BCUT2D eigenvalue weighted by Gasteiger charge is 1.95. The van der Waals surface area contributed by atoms with Crippen LogP contribution in [0, 0.1) is 6.92 Å². The molecule has 21 heavy (non-hydrogen) atoms. The van der Waals surface area contributed by atoms with E-state index in [2.05, 4.69) is 10.9 Å². The van der Waals surface area contributed by atoms with E-state index in [1.165, 1.54) is 11.6 Å². The van der Waals surface area contributed by atoms with Crippen LogP contribution in [0.1, 0.15) is 11.1 Å². The minimum atomic E-state index is -0.557. The lowest BCUT2D eigenvalue weighted by Crippen LogP contribution is -2.14. The smallest absolute Gasteiger partial charge is 0.267 e. The Morgan fingerprint density at radius 3 is 2.43 bits per heavy atom. The molecule has 0 fully saturated rings. The van der Waals surface area contributed by atoms with E-state index in [0.29, 0.717) is 0 Å². The normalized spacial score (nSPS) is 10.4. The van der Waals surface area contributed by atoms with Crippen LogP contribution in [0.15, 0.2) is 54.6 Å². The van der Waals surface area contributed by atoms with Gasteiger partial charge in [-0.15, -0.1) is 0 Å². The maximum Gasteiger partial charge on any atom is 0.267 e. The van der Waals surface area contributed by atoms with Gasteiger partial charge in [0.2, 0.25) is 0 Å². The summed E-state index contributed by atoms with van der Waals surface area (Å²) in [4.78, 5) is 10.9. The number of rotatable bonds is 5. The molecule has 0 radical (unpaired) electrons. The molecular formula is C16H17N3O2. The minimum Gasteiger partial charge on any atom is -0.301 e. The summed E-state index contributed by atoms with van der Waals surface area (Å²) in [5, 5.41) is 8.39. The van der Waals surface area contributed by atoms with Crippen LogP contribution < -0.4 is 16.3 Å². The van der Waals surface area contributed by atoms with E-state index < -0.39 is 5.91 Å². The molecule has 0 saturated heterocycles. The van der Waals surface area contributed by atoms with Gasteiger partial charge < -0.3 is 10.9 Å². The third-order valence-electron chi connectivity index (χ3n) is 2.82. The fourth-order valence-electron chi connectivity index (χ4n) is 1.75. The average Bonchev–Trinajstić information content (AvgIpc) is 2.51. The number of carbonyl (C=O) groups is 1. The third-order valence-corrected chi connectivity index (χ3v) is 2.82. The van der Waals surface area contributed by atoms with Crippen molar-refractivity contribution < 1.29 is 10.0 Å². The second kappa shape index (κ2) is 7.12.